The van der Waals surface area contributed by atoms with Gasteiger partial charge in [0.1, 0.15) is 6.04 Å². The Morgan fingerprint density at radius 2 is 1.61 bits per heavy atom. The average Bonchev–Trinajstić information content (AvgIpc) is 3.05. The van der Waals surface area contributed by atoms with Gasteiger partial charge in [0.05, 0.1) is 33.4 Å². The maximum atomic E-state index is 12.8. The lowest BCUT2D eigenvalue weighted by Gasteiger charge is -2.17. The molecule has 1 fully saturated rings. The first kappa shape index (κ1) is 22.1. The summed E-state index contributed by atoms with van der Waals surface area (Å²) < 4.78 is 15.7. The van der Waals surface area contributed by atoms with Gasteiger partial charge < -0.3 is 14.2 Å². The Balaban J connectivity index is 1.73. The number of imide groups is 1. The molecule has 0 radical (unpaired) electrons. The normalized spacial score (nSPS) is 15.8. The van der Waals surface area contributed by atoms with E-state index in [0.717, 1.165) is 16.0 Å². The maximum Gasteiger partial charge on any atom is 0.265 e. The third-order valence-electron chi connectivity index (χ3n) is 5.18. The Labute approximate surface area is 180 Å². The molecule has 9 heteroatoms. The molecule has 2 N–H and O–H groups in total. The second kappa shape index (κ2) is 9.05. The third-order valence-corrected chi connectivity index (χ3v) is 5.18. The first-order chi connectivity index (χ1) is 14.8. The second-order valence-electron chi connectivity index (χ2n) is 7.11. The van der Waals surface area contributed by atoms with Crippen LogP contribution in [0.5, 0.6) is 17.2 Å². The summed E-state index contributed by atoms with van der Waals surface area (Å²) in [7, 11) is 4.36. The summed E-state index contributed by atoms with van der Waals surface area (Å²) in [4.78, 5) is 39.0. The molecule has 0 bridgehead atoms. The van der Waals surface area contributed by atoms with E-state index in [1.54, 1.807) is 12.1 Å². The summed E-state index contributed by atoms with van der Waals surface area (Å²) in [5.41, 5.74) is 7.93. The lowest BCUT2D eigenvalue weighted by molar-refractivity contribution is -0.121. The second-order valence-corrected chi connectivity index (χ2v) is 7.11. The summed E-state index contributed by atoms with van der Waals surface area (Å²) in [5, 5.41) is 0. The van der Waals surface area contributed by atoms with Crippen molar-refractivity contribution in [1.29, 1.82) is 0 Å². The summed E-state index contributed by atoms with van der Waals surface area (Å²) >= 11 is 0. The Hall–Kier alpha value is -3.59. The number of benzene rings is 2. The van der Waals surface area contributed by atoms with Gasteiger partial charge in [0.15, 0.2) is 11.5 Å². The number of nitrogens with zero attached hydrogens (tertiary/aromatic N) is 1. The molecule has 164 valence electrons. The summed E-state index contributed by atoms with van der Waals surface area (Å²) in [6.45, 7) is 3.87. The number of carbonyl (C=O) groups is 3. The molecular weight excluding hydrogens is 402 g/mol. The van der Waals surface area contributed by atoms with Gasteiger partial charge in [-0.15, -0.1) is 0 Å². The SMILES string of the molecule is COc1cc(C(=O)NN[C@@H]2CC(=O)N(c3ccc(C)c(C)c3)C2=O)cc(OC)c1OC. The van der Waals surface area contributed by atoms with Crippen molar-refractivity contribution in [3.8, 4) is 17.2 Å². The van der Waals surface area contributed by atoms with Crippen molar-refractivity contribution >= 4 is 23.4 Å². The van der Waals surface area contributed by atoms with Gasteiger partial charge in [-0.3, -0.25) is 19.8 Å². The molecule has 0 saturated carbocycles. The quantitative estimate of drug-likeness (QED) is 0.513. The number of aryl methyl sites for hydroxylation is 2. The number of amides is 3. The average molecular weight is 427 g/mol. The van der Waals surface area contributed by atoms with Crippen molar-refractivity contribution in [2.45, 2.75) is 26.3 Å². The third kappa shape index (κ3) is 4.31. The highest BCUT2D eigenvalue weighted by atomic mass is 16.5. The number of rotatable bonds is 7. The molecule has 0 aromatic heterocycles. The first-order valence-electron chi connectivity index (χ1n) is 9.60. The molecule has 0 spiro atoms. The zero-order valence-electron chi connectivity index (χ0n) is 18.1. The number of anilines is 1. The minimum Gasteiger partial charge on any atom is -0.493 e. The van der Waals surface area contributed by atoms with Crippen molar-refractivity contribution in [1.82, 2.24) is 10.9 Å². The van der Waals surface area contributed by atoms with Gasteiger partial charge in [-0.05, 0) is 49.2 Å². The summed E-state index contributed by atoms with van der Waals surface area (Å²) in [6, 6.07) is 7.48. The van der Waals surface area contributed by atoms with Crippen molar-refractivity contribution in [3.05, 3.63) is 47.0 Å². The van der Waals surface area contributed by atoms with E-state index >= 15 is 0 Å². The molecular formula is C22H25N3O6. The Bertz CT molecular complexity index is 1010. The van der Waals surface area contributed by atoms with Crippen molar-refractivity contribution in [2.75, 3.05) is 26.2 Å². The molecule has 2 aromatic carbocycles. The smallest absolute Gasteiger partial charge is 0.265 e. The van der Waals surface area contributed by atoms with Crippen LogP contribution in [0.4, 0.5) is 5.69 Å². The topological polar surface area (TPSA) is 106 Å². The minimum absolute atomic E-state index is 0.0682. The molecule has 2 aromatic rings. The van der Waals surface area contributed by atoms with Gasteiger partial charge in [-0.2, -0.15) is 0 Å². The highest BCUT2D eigenvalue weighted by molar-refractivity contribution is 6.22. The largest absolute Gasteiger partial charge is 0.493 e. The van der Waals surface area contributed by atoms with Crippen LogP contribution in [0.3, 0.4) is 0 Å². The zero-order chi connectivity index (χ0) is 22.7. The predicted molar refractivity (Wildman–Crippen MR) is 114 cm³/mol. The van der Waals surface area contributed by atoms with Crippen molar-refractivity contribution < 1.29 is 28.6 Å². The molecule has 1 atom stereocenters. The van der Waals surface area contributed by atoms with Gasteiger partial charge in [0.2, 0.25) is 11.7 Å². The van der Waals surface area contributed by atoms with Crippen LogP contribution in [0.25, 0.3) is 0 Å². The van der Waals surface area contributed by atoms with E-state index in [1.807, 2.05) is 19.9 Å². The van der Waals surface area contributed by atoms with Crippen LogP contribution in [-0.2, 0) is 9.59 Å². The number of ether oxygens (including phenoxy) is 3. The van der Waals surface area contributed by atoms with Crippen LogP contribution < -0.4 is 30.0 Å². The van der Waals surface area contributed by atoms with Crippen LogP contribution in [-0.4, -0.2) is 45.1 Å². The molecule has 1 aliphatic heterocycles. The van der Waals surface area contributed by atoms with Gasteiger partial charge in [0.25, 0.3) is 11.8 Å². The van der Waals surface area contributed by atoms with Crippen LogP contribution in [0, 0.1) is 13.8 Å². The van der Waals surface area contributed by atoms with E-state index < -0.39 is 17.9 Å². The minimum atomic E-state index is -0.875. The van der Waals surface area contributed by atoms with Gasteiger partial charge >= 0.3 is 0 Å². The highest BCUT2D eigenvalue weighted by Gasteiger charge is 2.39. The Morgan fingerprint density at radius 3 is 2.16 bits per heavy atom. The van der Waals surface area contributed by atoms with E-state index in [2.05, 4.69) is 10.9 Å². The maximum absolute atomic E-state index is 12.8. The first-order valence-corrected chi connectivity index (χ1v) is 9.60. The molecule has 1 aliphatic rings. The molecule has 31 heavy (non-hydrogen) atoms. The standard InChI is InChI=1S/C22H25N3O6/c1-12-6-7-15(8-13(12)2)25-19(26)11-16(22(25)28)23-24-21(27)14-9-17(29-3)20(31-5)18(10-14)30-4/h6-10,16,23H,11H2,1-5H3,(H,24,27)/t16-/m1/s1. The summed E-state index contributed by atoms with van der Waals surface area (Å²) in [5.74, 6) is -0.300. The number of nitrogens with one attached hydrogen (secondary N) is 2. The van der Waals surface area contributed by atoms with E-state index in [4.69, 9.17) is 14.2 Å². The van der Waals surface area contributed by atoms with E-state index in [1.165, 1.54) is 33.5 Å². The highest BCUT2D eigenvalue weighted by Crippen LogP contribution is 2.38. The lowest BCUT2D eigenvalue weighted by Crippen LogP contribution is -2.48. The number of hydrogen-bond acceptors (Lipinski definition) is 7. The van der Waals surface area contributed by atoms with E-state index in [0.29, 0.717) is 22.9 Å². The molecule has 3 rings (SSSR count). The lowest BCUT2D eigenvalue weighted by atomic mass is 10.1. The summed E-state index contributed by atoms with van der Waals surface area (Å²) in [6.07, 6.45) is -0.0682. The van der Waals surface area contributed by atoms with Crippen molar-refractivity contribution in [3.63, 3.8) is 0 Å². The van der Waals surface area contributed by atoms with Gasteiger partial charge in [-0.25, -0.2) is 10.3 Å². The Kier molecular flexibility index (Phi) is 6.45. The molecule has 1 saturated heterocycles. The van der Waals surface area contributed by atoms with Crippen LogP contribution >= 0.6 is 0 Å². The number of hydrazine groups is 1. The molecule has 3 amide bonds. The fourth-order valence-electron chi connectivity index (χ4n) is 3.32. The number of methoxy groups -OCH3 is 3. The Morgan fingerprint density at radius 1 is 0.968 bits per heavy atom. The van der Waals surface area contributed by atoms with E-state index in [-0.39, 0.29) is 17.9 Å². The number of carbonyl (C=O) groups excluding carboxylic acids is 3. The van der Waals surface area contributed by atoms with Gasteiger partial charge in [-0.1, -0.05) is 6.07 Å². The van der Waals surface area contributed by atoms with E-state index in [9.17, 15) is 14.4 Å². The zero-order valence-corrected chi connectivity index (χ0v) is 18.1. The fourth-order valence-corrected chi connectivity index (χ4v) is 3.32. The molecule has 9 nitrogen and oxygen atoms in total. The molecule has 1 heterocycles. The fraction of sp³-hybridized carbons (Fsp3) is 0.318. The van der Waals surface area contributed by atoms with Crippen LogP contribution in [0.1, 0.15) is 27.9 Å². The van der Waals surface area contributed by atoms with Crippen LogP contribution in [0.15, 0.2) is 30.3 Å². The van der Waals surface area contributed by atoms with Crippen molar-refractivity contribution in [2.24, 2.45) is 0 Å². The van der Waals surface area contributed by atoms with Crippen LogP contribution in [0.2, 0.25) is 0 Å². The predicted octanol–water partition coefficient (Wildman–Crippen LogP) is 1.90. The monoisotopic (exact) mass is 427 g/mol. The molecule has 0 unspecified atom stereocenters. The number of hydrogen-bond donors (Lipinski definition) is 2. The van der Waals surface area contributed by atoms with Gasteiger partial charge in [0, 0.05) is 5.56 Å². The molecule has 0 aliphatic carbocycles.